The lowest BCUT2D eigenvalue weighted by Gasteiger charge is -2.04. The molecule has 0 aliphatic rings. The number of rotatable bonds is 12. The molecule has 1 nitrogen and oxygen atoms in total. The molecule has 0 spiro atoms. The van der Waals surface area contributed by atoms with E-state index in [9.17, 15) is 0 Å². The molecule has 20 heavy (non-hydrogen) atoms. The SMILES string of the molecule is CCCCCCCCCCCCc1ccc(CN)cc1. The van der Waals surface area contributed by atoms with Crippen LogP contribution in [0.4, 0.5) is 0 Å². The van der Waals surface area contributed by atoms with Crippen LogP contribution in [-0.2, 0) is 13.0 Å². The Kier molecular flexibility index (Phi) is 10.3. The van der Waals surface area contributed by atoms with Crippen LogP contribution in [0.15, 0.2) is 24.3 Å². The van der Waals surface area contributed by atoms with Crippen molar-refractivity contribution in [2.45, 2.75) is 84.1 Å². The summed E-state index contributed by atoms with van der Waals surface area (Å²) in [6.07, 6.45) is 15.3. The van der Waals surface area contributed by atoms with Gasteiger partial charge < -0.3 is 5.73 Å². The number of nitrogens with two attached hydrogens (primary N) is 1. The number of unbranched alkanes of at least 4 members (excludes halogenated alkanes) is 9. The molecule has 0 aliphatic heterocycles. The summed E-state index contributed by atoms with van der Waals surface area (Å²) >= 11 is 0. The average Bonchev–Trinajstić information content (AvgIpc) is 2.50. The highest BCUT2D eigenvalue weighted by Gasteiger charge is 1.95. The lowest BCUT2D eigenvalue weighted by atomic mass is 10.0. The van der Waals surface area contributed by atoms with Crippen LogP contribution in [0.1, 0.15) is 82.3 Å². The van der Waals surface area contributed by atoms with Crippen molar-refractivity contribution in [1.29, 1.82) is 0 Å². The van der Waals surface area contributed by atoms with E-state index in [4.69, 9.17) is 5.73 Å². The molecule has 0 aromatic heterocycles. The van der Waals surface area contributed by atoms with Crippen LogP contribution in [0, 0.1) is 0 Å². The second kappa shape index (κ2) is 12.0. The van der Waals surface area contributed by atoms with Crippen molar-refractivity contribution in [3.05, 3.63) is 35.4 Å². The third-order valence-electron chi connectivity index (χ3n) is 4.08. The van der Waals surface area contributed by atoms with Gasteiger partial charge in [0.15, 0.2) is 0 Å². The minimum atomic E-state index is 0.651. The van der Waals surface area contributed by atoms with Crippen LogP contribution in [0.2, 0.25) is 0 Å². The molecule has 0 unspecified atom stereocenters. The summed E-state index contributed by atoms with van der Waals surface area (Å²) in [5.74, 6) is 0. The van der Waals surface area contributed by atoms with Gasteiger partial charge in [0, 0.05) is 6.54 Å². The molecular formula is C19H33N. The average molecular weight is 275 g/mol. The van der Waals surface area contributed by atoms with E-state index in [2.05, 4.69) is 31.2 Å². The molecule has 114 valence electrons. The van der Waals surface area contributed by atoms with Gasteiger partial charge in [-0.25, -0.2) is 0 Å². The summed E-state index contributed by atoms with van der Waals surface area (Å²) in [5.41, 5.74) is 8.30. The smallest absolute Gasteiger partial charge is 0.0178 e. The first kappa shape index (κ1) is 17.2. The van der Waals surface area contributed by atoms with Crippen molar-refractivity contribution in [3.63, 3.8) is 0 Å². The maximum atomic E-state index is 5.61. The van der Waals surface area contributed by atoms with Crippen molar-refractivity contribution >= 4 is 0 Å². The van der Waals surface area contributed by atoms with Gasteiger partial charge in [-0.3, -0.25) is 0 Å². The minimum absolute atomic E-state index is 0.651. The number of hydrogen-bond donors (Lipinski definition) is 1. The van der Waals surface area contributed by atoms with E-state index in [-0.39, 0.29) is 0 Å². The highest BCUT2D eigenvalue weighted by molar-refractivity contribution is 5.22. The Balaban J connectivity index is 1.91. The van der Waals surface area contributed by atoms with Crippen molar-refractivity contribution in [2.24, 2.45) is 5.73 Å². The molecule has 0 heterocycles. The Morgan fingerprint density at radius 2 is 1.10 bits per heavy atom. The first-order valence-corrected chi connectivity index (χ1v) is 8.64. The predicted molar refractivity (Wildman–Crippen MR) is 89.9 cm³/mol. The molecule has 0 amide bonds. The zero-order chi connectivity index (χ0) is 14.5. The van der Waals surface area contributed by atoms with Gasteiger partial charge in [-0.15, -0.1) is 0 Å². The first-order valence-electron chi connectivity index (χ1n) is 8.64. The van der Waals surface area contributed by atoms with Gasteiger partial charge in [0.05, 0.1) is 0 Å². The number of benzene rings is 1. The molecule has 1 rings (SSSR count). The van der Waals surface area contributed by atoms with Crippen LogP contribution in [0.25, 0.3) is 0 Å². The maximum absolute atomic E-state index is 5.61. The number of hydrogen-bond acceptors (Lipinski definition) is 1. The zero-order valence-corrected chi connectivity index (χ0v) is 13.4. The van der Waals surface area contributed by atoms with Crippen LogP contribution >= 0.6 is 0 Å². The summed E-state index contributed by atoms with van der Waals surface area (Å²) in [6.45, 7) is 2.93. The van der Waals surface area contributed by atoms with Gasteiger partial charge >= 0.3 is 0 Å². The summed E-state index contributed by atoms with van der Waals surface area (Å²) < 4.78 is 0. The second-order valence-electron chi connectivity index (χ2n) is 5.95. The van der Waals surface area contributed by atoms with E-state index in [0.29, 0.717) is 6.54 Å². The van der Waals surface area contributed by atoms with E-state index in [1.807, 2.05) is 0 Å². The maximum Gasteiger partial charge on any atom is 0.0178 e. The van der Waals surface area contributed by atoms with Crippen LogP contribution in [0.5, 0.6) is 0 Å². The van der Waals surface area contributed by atoms with Gasteiger partial charge in [-0.1, -0.05) is 89.0 Å². The fourth-order valence-corrected chi connectivity index (χ4v) is 2.66. The van der Waals surface area contributed by atoms with Gasteiger partial charge in [0.2, 0.25) is 0 Å². The third-order valence-corrected chi connectivity index (χ3v) is 4.08. The Hall–Kier alpha value is -0.820. The molecule has 0 saturated carbocycles. The molecule has 0 atom stereocenters. The van der Waals surface area contributed by atoms with Crippen molar-refractivity contribution < 1.29 is 0 Å². The van der Waals surface area contributed by atoms with Crippen molar-refractivity contribution in [2.75, 3.05) is 0 Å². The van der Waals surface area contributed by atoms with Gasteiger partial charge in [-0.2, -0.15) is 0 Å². The predicted octanol–water partition coefficient (Wildman–Crippen LogP) is 5.61. The highest BCUT2D eigenvalue weighted by Crippen LogP contribution is 2.12. The topological polar surface area (TPSA) is 26.0 Å². The Morgan fingerprint density at radius 1 is 0.650 bits per heavy atom. The lowest BCUT2D eigenvalue weighted by Crippen LogP contribution is -1.96. The fourth-order valence-electron chi connectivity index (χ4n) is 2.66. The zero-order valence-electron chi connectivity index (χ0n) is 13.4. The van der Waals surface area contributed by atoms with Gasteiger partial charge in [0.1, 0.15) is 0 Å². The molecule has 2 N–H and O–H groups in total. The summed E-state index contributed by atoms with van der Waals surface area (Å²) in [4.78, 5) is 0. The normalized spacial score (nSPS) is 10.9. The molecular weight excluding hydrogens is 242 g/mol. The first-order chi connectivity index (χ1) is 9.86. The largest absolute Gasteiger partial charge is 0.326 e. The molecule has 1 heteroatoms. The quantitative estimate of drug-likeness (QED) is 0.493. The van der Waals surface area contributed by atoms with E-state index >= 15 is 0 Å². The Bertz CT molecular complexity index is 315. The summed E-state index contributed by atoms with van der Waals surface area (Å²) in [7, 11) is 0. The number of aryl methyl sites for hydroxylation is 1. The third kappa shape index (κ3) is 8.37. The molecule has 1 aromatic rings. The Morgan fingerprint density at radius 3 is 1.60 bits per heavy atom. The second-order valence-corrected chi connectivity index (χ2v) is 5.95. The van der Waals surface area contributed by atoms with Crippen molar-refractivity contribution in [3.8, 4) is 0 Å². The lowest BCUT2D eigenvalue weighted by molar-refractivity contribution is 0.556. The fraction of sp³-hybridized carbons (Fsp3) is 0.684. The van der Waals surface area contributed by atoms with Gasteiger partial charge in [0.25, 0.3) is 0 Å². The molecule has 0 bridgehead atoms. The van der Waals surface area contributed by atoms with E-state index in [1.165, 1.54) is 81.8 Å². The van der Waals surface area contributed by atoms with Crippen molar-refractivity contribution in [1.82, 2.24) is 0 Å². The standard InChI is InChI=1S/C19H33N/c1-2-3-4-5-6-7-8-9-10-11-12-18-13-15-19(17-20)16-14-18/h13-16H,2-12,17,20H2,1H3. The van der Waals surface area contributed by atoms with Crippen LogP contribution < -0.4 is 5.73 Å². The summed E-state index contributed by atoms with van der Waals surface area (Å²) in [6, 6.07) is 8.78. The molecule has 1 aromatic carbocycles. The molecule has 0 saturated heterocycles. The van der Waals surface area contributed by atoms with Crippen LogP contribution in [0.3, 0.4) is 0 Å². The Labute approximate surface area is 126 Å². The van der Waals surface area contributed by atoms with E-state index in [0.717, 1.165) is 0 Å². The van der Waals surface area contributed by atoms with E-state index < -0.39 is 0 Å². The monoisotopic (exact) mass is 275 g/mol. The molecule has 0 aliphatic carbocycles. The summed E-state index contributed by atoms with van der Waals surface area (Å²) in [5, 5.41) is 0. The highest BCUT2D eigenvalue weighted by atomic mass is 14.5. The molecule has 0 fully saturated rings. The minimum Gasteiger partial charge on any atom is -0.326 e. The van der Waals surface area contributed by atoms with Gasteiger partial charge in [-0.05, 0) is 24.0 Å². The van der Waals surface area contributed by atoms with E-state index in [1.54, 1.807) is 0 Å². The molecule has 0 radical (unpaired) electrons. The van der Waals surface area contributed by atoms with Crippen LogP contribution in [-0.4, -0.2) is 0 Å².